The van der Waals surface area contributed by atoms with Crippen LogP contribution in [0.2, 0.25) is 0 Å². The Morgan fingerprint density at radius 2 is 1.82 bits per heavy atom. The van der Waals surface area contributed by atoms with E-state index in [1.54, 1.807) is 0 Å². The molecule has 0 aromatic rings. The van der Waals surface area contributed by atoms with E-state index in [1.165, 1.54) is 0 Å². The molecule has 0 aromatic heterocycles. The van der Waals surface area contributed by atoms with Crippen LogP contribution in [0.3, 0.4) is 0 Å². The molecule has 0 spiro atoms. The van der Waals surface area contributed by atoms with Crippen molar-refractivity contribution < 1.29 is 14.2 Å². The molecule has 100 valence electrons. The van der Waals surface area contributed by atoms with Crippen molar-refractivity contribution in [2.75, 3.05) is 6.61 Å². The first-order chi connectivity index (χ1) is 7.76. The Bertz CT molecular complexity index is 245. The van der Waals surface area contributed by atoms with Crippen molar-refractivity contribution in [1.82, 2.24) is 0 Å². The van der Waals surface area contributed by atoms with Gasteiger partial charge in [-0.05, 0) is 34.6 Å². The highest BCUT2D eigenvalue weighted by molar-refractivity contribution is 6.11. The maximum atomic E-state index is 6.07. The first-order valence-corrected chi connectivity index (χ1v) is 6.71. The summed E-state index contributed by atoms with van der Waals surface area (Å²) in [4.78, 5) is 0. The van der Waals surface area contributed by atoms with Gasteiger partial charge in [-0.1, -0.05) is 6.92 Å². The van der Waals surface area contributed by atoms with Gasteiger partial charge in [0.25, 0.3) is 0 Å². The molecular formula is C13H27BO3. The molecule has 3 nitrogen and oxygen atoms in total. The maximum Gasteiger partial charge on any atom is 0.139 e. The zero-order chi connectivity index (χ0) is 13.2. The summed E-state index contributed by atoms with van der Waals surface area (Å²) in [5.41, 5.74) is -0.326. The Hall–Kier alpha value is -0.0551. The first kappa shape index (κ1) is 15.0. The Kier molecular flexibility index (Phi) is 5.05. The minimum Gasteiger partial charge on any atom is -0.376 e. The van der Waals surface area contributed by atoms with Crippen molar-refractivity contribution in [3.05, 3.63) is 0 Å². The molecule has 0 radical (unpaired) electrons. The quantitative estimate of drug-likeness (QED) is 0.685. The van der Waals surface area contributed by atoms with Gasteiger partial charge in [-0.25, -0.2) is 0 Å². The summed E-state index contributed by atoms with van der Waals surface area (Å²) < 4.78 is 17.8. The number of ether oxygens (including phenoxy) is 3. The Labute approximate surface area is 107 Å². The Balaban J connectivity index is 2.72. The monoisotopic (exact) mass is 242 g/mol. The standard InChI is InChI=1S/C13H27BO3/c1-8(2)15-7-13(6)11(16-9(3)4)10(5)12(14)17-13/h8-12H,7,14H2,1-6H3/t10-,11?,12+,13+/m0/s1. The Morgan fingerprint density at radius 3 is 2.29 bits per heavy atom. The molecule has 1 aliphatic rings. The molecule has 1 fully saturated rings. The largest absolute Gasteiger partial charge is 0.376 e. The molecular weight excluding hydrogens is 215 g/mol. The summed E-state index contributed by atoms with van der Waals surface area (Å²) in [5.74, 6) is 0.401. The van der Waals surface area contributed by atoms with Gasteiger partial charge >= 0.3 is 0 Å². The molecule has 1 heterocycles. The molecule has 17 heavy (non-hydrogen) atoms. The maximum absolute atomic E-state index is 6.07. The van der Waals surface area contributed by atoms with Crippen LogP contribution in [0.5, 0.6) is 0 Å². The van der Waals surface area contributed by atoms with E-state index in [-0.39, 0.29) is 29.9 Å². The minimum atomic E-state index is -0.326. The lowest BCUT2D eigenvalue weighted by Crippen LogP contribution is -2.45. The molecule has 1 rings (SSSR count). The van der Waals surface area contributed by atoms with E-state index in [1.807, 2.05) is 13.8 Å². The highest BCUT2D eigenvalue weighted by Gasteiger charge is 2.49. The van der Waals surface area contributed by atoms with Crippen LogP contribution in [0, 0.1) is 5.92 Å². The molecule has 1 aliphatic heterocycles. The van der Waals surface area contributed by atoms with Gasteiger partial charge in [0, 0.05) is 11.9 Å². The average Bonchev–Trinajstić information content (AvgIpc) is 2.40. The van der Waals surface area contributed by atoms with Crippen molar-refractivity contribution >= 4 is 7.85 Å². The predicted molar refractivity (Wildman–Crippen MR) is 72.1 cm³/mol. The second-order valence-electron chi connectivity index (χ2n) is 5.96. The van der Waals surface area contributed by atoms with Crippen LogP contribution in [-0.2, 0) is 14.2 Å². The summed E-state index contributed by atoms with van der Waals surface area (Å²) in [6.45, 7) is 13.1. The van der Waals surface area contributed by atoms with E-state index in [0.29, 0.717) is 12.5 Å². The number of hydrogen-bond acceptors (Lipinski definition) is 3. The lowest BCUT2D eigenvalue weighted by atomic mass is 9.83. The fraction of sp³-hybridized carbons (Fsp3) is 1.00. The van der Waals surface area contributed by atoms with Crippen LogP contribution in [0.15, 0.2) is 0 Å². The van der Waals surface area contributed by atoms with Crippen LogP contribution >= 0.6 is 0 Å². The molecule has 1 saturated heterocycles. The van der Waals surface area contributed by atoms with Gasteiger partial charge in [0.15, 0.2) is 0 Å². The fourth-order valence-corrected chi connectivity index (χ4v) is 2.41. The normalized spacial score (nSPS) is 38.2. The Morgan fingerprint density at radius 1 is 1.24 bits per heavy atom. The molecule has 0 aliphatic carbocycles. The molecule has 1 unspecified atom stereocenters. The summed E-state index contributed by atoms with van der Waals surface area (Å²) in [5, 5.41) is 0. The zero-order valence-electron chi connectivity index (χ0n) is 12.3. The van der Waals surface area contributed by atoms with Crippen molar-refractivity contribution in [3.63, 3.8) is 0 Å². The third-order valence-electron chi connectivity index (χ3n) is 3.40. The van der Waals surface area contributed by atoms with Gasteiger partial charge in [0.1, 0.15) is 13.4 Å². The van der Waals surface area contributed by atoms with Gasteiger partial charge in [0.2, 0.25) is 0 Å². The molecule has 0 saturated carbocycles. The lowest BCUT2D eigenvalue weighted by Gasteiger charge is -2.33. The van der Waals surface area contributed by atoms with Gasteiger partial charge in [-0.15, -0.1) is 0 Å². The smallest absolute Gasteiger partial charge is 0.139 e. The van der Waals surface area contributed by atoms with E-state index in [0.717, 1.165) is 0 Å². The SMILES string of the molecule is B[C@@H]1O[C@](C)(COC(C)C)C(OC(C)C)[C@@H]1C. The highest BCUT2D eigenvalue weighted by atomic mass is 16.6. The van der Waals surface area contributed by atoms with E-state index >= 15 is 0 Å². The third kappa shape index (κ3) is 3.70. The molecule has 0 N–H and O–H groups in total. The van der Waals surface area contributed by atoms with Crippen molar-refractivity contribution in [1.29, 1.82) is 0 Å². The number of rotatable bonds is 5. The molecule has 4 atom stereocenters. The van der Waals surface area contributed by atoms with Crippen LogP contribution in [0.25, 0.3) is 0 Å². The van der Waals surface area contributed by atoms with Gasteiger partial charge in [0.05, 0.1) is 24.9 Å². The van der Waals surface area contributed by atoms with Crippen molar-refractivity contribution in [2.45, 2.75) is 71.5 Å². The second kappa shape index (κ2) is 5.72. The summed E-state index contributed by atoms with van der Waals surface area (Å²) in [6.07, 6.45) is 0.548. The topological polar surface area (TPSA) is 27.7 Å². The van der Waals surface area contributed by atoms with Gasteiger partial charge in [-0.2, -0.15) is 0 Å². The van der Waals surface area contributed by atoms with Crippen LogP contribution in [-0.4, -0.2) is 44.4 Å². The van der Waals surface area contributed by atoms with Gasteiger partial charge < -0.3 is 14.2 Å². The van der Waals surface area contributed by atoms with Crippen molar-refractivity contribution in [3.8, 4) is 0 Å². The van der Waals surface area contributed by atoms with E-state index in [2.05, 4.69) is 35.5 Å². The summed E-state index contributed by atoms with van der Waals surface area (Å²) in [7, 11) is 2.11. The summed E-state index contributed by atoms with van der Waals surface area (Å²) >= 11 is 0. The van der Waals surface area contributed by atoms with Gasteiger partial charge in [-0.3, -0.25) is 0 Å². The molecule has 0 amide bonds. The van der Waals surface area contributed by atoms with E-state index < -0.39 is 0 Å². The zero-order valence-corrected chi connectivity index (χ0v) is 12.3. The van der Waals surface area contributed by atoms with Crippen LogP contribution in [0.1, 0.15) is 41.5 Å². The average molecular weight is 242 g/mol. The minimum absolute atomic E-state index is 0.108. The summed E-state index contributed by atoms with van der Waals surface area (Å²) in [6, 6.07) is 0.222. The van der Waals surface area contributed by atoms with E-state index in [9.17, 15) is 0 Å². The molecule has 0 aromatic carbocycles. The third-order valence-corrected chi connectivity index (χ3v) is 3.40. The number of hydrogen-bond donors (Lipinski definition) is 0. The van der Waals surface area contributed by atoms with E-state index in [4.69, 9.17) is 14.2 Å². The predicted octanol–water partition coefficient (Wildman–Crippen LogP) is 1.59. The second-order valence-corrected chi connectivity index (χ2v) is 5.96. The van der Waals surface area contributed by atoms with Crippen LogP contribution < -0.4 is 0 Å². The van der Waals surface area contributed by atoms with Crippen LogP contribution in [0.4, 0.5) is 0 Å². The first-order valence-electron chi connectivity index (χ1n) is 6.71. The molecule has 4 heteroatoms. The fourth-order valence-electron chi connectivity index (χ4n) is 2.41. The highest BCUT2D eigenvalue weighted by Crippen LogP contribution is 2.37. The lowest BCUT2D eigenvalue weighted by molar-refractivity contribution is -0.141. The molecule has 0 bridgehead atoms. The van der Waals surface area contributed by atoms with Crippen molar-refractivity contribution in [2.24, 2.45) is 5.92 Å².